The summed E-state index contributed by atoms with van der Waals surface area (Å²) in [5, 5.41) is 6.09. The van der Waals surface area contributed by atoms with Gasteiger partial charge in [-0.1, -0.05) is 0 Å². The van der Waals surface area contributed by atoms with Crippen LogP contribution in [0.25, 0.3) is 0 Å². The highest BCUT2D eigenvalue weighted by molar-refractivity contribution is 5.76. The highest BCUT2D eigenvalue weighted by Crippen LogP contribution is 2.15. The first-order valence-electron chi connectivity index (χ1n) is 6.15. The topological polar surface area (TPSA) is 76.1 Å². The van der Waals surface area contributed by atoms with E-state index in [1.807, 2.05) is 13.8 Å². The number of piperidine rings is 1. The van der Waals surface area contributed by atoms with Gasteiger partial charge < -0.3 is 15.4 Å². The molecule has 0 aromatic carbocycles. The molecule has 6 nitrogen and oxygen atoms in total. The van der Waals surface area contributed by atoms with Crippen LogP contribution in [-0.2, 0) is 4.79 Å². The summed E-state index contributed by atoms with van der Waals surface area (Å²) in [5.41, 5.74) is 0. The third kappa shape index (κ3) is 3.58. The summed E-state index contributed by atoms with van der Waals surface area (Å²) in [4.78, 5) is 19.2. The summed E-state index contributed by atoms with van der Waals surface area (Å²) in [6, 6.07) is 1.99. The highest BCUT2D eigenvalue weighted by Gasteiger charge is 2.18. The number of rotatable bonds is 4. The molecule has 1 amide bonds. The van der Waals surface area contributed by atoms with Crippen LogP contribution >= 0.6 is 0 Å². The summed E-state index contributed by atoms with van der Waals surface area (Å²) in [5.74, 6) is 1.39. The second-order valence-electron chi connectivity index (χ2n) is 4.59. The van der Waals surface area contributed by atoms with Crippen molar-refractivity contribution in [1.82, 2.24) is 15.3 Å². The van der Waals surface area contributed by atoms with Crippen molar-refractivity contribution in [3.05, 3.63) is 12.4 Å². The van der Waals surface area contributed by atoms with Gasteiger partial charge in [0.05, 0.1) is 6.10 Å². The lowest BCUT2D eigenvalue weighted by Crippen LogP contribution is -2.42. The number of carbonyl (C=O) groups is 1. The molecule has 98 valence electrons. The number of nitrogens with one attached hydrogen (secondary N) is 2. The lowest BCUT2D eigenvalue weighted by molar-refractivity contribution is -0.122. The summed E-state index contributed by atoms with van der Waals surface area (Å²) in [6.07, 6.45) is 2.93. The molecular formula is C12H18N4O2. The van der Waals surface area contributed by atoms with Gasteiger partial charge >= 0.3 is 0 Å². The zero-order chi connectivity index (χ0) is 13.0. The summed E-state index contributed by atoms with van der Waals surface area (Å²) < 4.78 is 5.50. The van der Waals surface area contributed by atoms with E-state index in [4.69, 9.17) is 4.74 Å². The molecule has 1 unspecified atom stereocenters. The fourth-order valence-corrected chi connectivity index (χ4v) is 1.79. The lowest BCUT2D eigenvalue weighted by atomic mass is 10.1. The monoisotopic (exact) mass is 250 g/mol. The van der Waals surface area contributed by atoms with Crippen molar-refractivity contribution in [2.24, 2.45) is 0 Å². The number of ether oxygens (including phenoxy) is 1. The number of amides is 1. The fraction of sp³-hybridized carbons (Fsp3) is 0.583. The molecule has 0 radical (unpaired) electrons. The molecule has 6 heteroatoms. The van der Waals surface area contributed by atoms with Crippen LogP contribution in [0.2, 0.25) is 0 Å². The molecule has 0 aliphatic carbocycles. The Bertz CT molecular complexity index is 412. The molecule has 1 aliphatic heterocycles. The van der Waals surface area contributed by atoms with Gasteiger partial charge in [-0.25, -0.2) is 9.97 Å². The smallest absolute Gasteiger partial charge is 0.220 e. The predicted molar refractivity (Wildman–Crippen MR) is 67.5 cm³/mol. The Labute approximate surface area is 106 Å². The second kappa shape index (κ2) is 5.66. The fourth-order valence-electron chi connectivity index (χ4n) is 1.79. The Kier molecular flexibility index (Phi) is 3.96. The van der Waals surface area contributed by atoms with Gasteiger partial charge in [-0.3, -0.25) is 4.79 Å². The maximum absolute atomic E-state index is 11.1. The molecule has 0 spiro atoms. The Balaban J connectivity index is 1.94. The largest absolute Gasteiger partial charge is 0.475 e. The molecule has 0 saturated carbocycles. The van der Waals surface area contributed by atoms with E-state index in [9.17, 15) is 4.79 Å². The van der Waals surface area contributed by atoms with E-state index in [2.05, 4.69) is 20.6 Å². The van der Waals surface area contributed by atoms with Crippen LogP contribution in [0.3, 0.4) is 0 Å². The van der Waals surface area contributed by atoms with Crippen LogP contribution in [0, 0.1) is 0 Å². The van der Waals surface area contributed by atoms with Crippen LogP contribution in [-0.4, -0.2) is 34.6 Å². The van der Waals surface area contributed by atoms with Crippen LogP contribution in [0.15, 0.2) is 12.4 Å². The molecule has 1 aromatic heterocycles. The Morgan fingerprint density at radius 3 is 3.00 bits per heavy atom. The van der Waals surface area contributed by atoms with Crippen molar-refractivity contribution >= 4 is 11.7 Å². The van der Waals surface area contributed by atoms with Gasteiger partial charge in [-0.05, 0) is 20.3 Å². The van der Waals surface area contributed by atoms with Crippen molar-refractivity contribution < 1.29 is 9.53 Å². The summed E-state index contributed by atoms with van der Waals surface area (Å²) in [7, 11) is 0. The summed E-state index contributed by atoms with van der Waals surface area (Å²) >= 11 is 0. The van der Waals surface area contributed by atoms with E-state index in [0.717, 1.165) is 12.2 Å². The van der Waals surface area contributed by atoms with E-state index in [1.165, 1.54) is 6.33 Å². The van der Waals surface area contributed by atoms with Gasteiger partial charge in [0.25, 0.3) is 0 Å². The number of hydrogen-bond donors (Lipinski definition) is 2. The molecule has 1 fully saturated rings. The normalized spacial score (nSPS) is 19.5. The van der Waals surface area contributed by atoms with Crippen molar-refractivity contribution in [3.63, 3.8) is 0 Å². The number of anilines is 1. The quantitative estimate of drug-likeness (QED) is 0.832. The minimum atomic E-state index is 0.0849. The molecule has 0 bridgehead atoms. The van der Waals surface area contributed by atoms with Gasteiger partial charge in [-0.15, -0.1) is 0 Å². The number of carbonyl (C=O) groups excluding carboxylic acids is 1. The maximum atomic E-state index is 11.1. The van der Waals surface area contributed by atoms with E-state index in [-0.39, 0.29) is 18.1 Å². The third-order valence-electron chi connectivity index (χ3n) is 2.62. The maximum Gasteiger partial charge on any atom is 0.220 e. The van der Waals surface area contributed by atoms with E-state index in [1.54, 1.807) is 6.07 Å². The Morgan fingerprint density at radius 1 is 1.50 bits per heavy atom. The van der Waals surface area contributed by atoms with Crippen LogP contribution in [0.5, 0.6) is 5.88 Å². The van der Waals surface area contributed by atoms with Crippen LogP contribution < -0.4 is 15.4 Å². The van der Waals surface area contributed by atoms with Crippen molar-refractivity contribution in [2.75, 3.05) is 11.9 Å². The summed E-state index contributed by atoms with van der Waals surface area (Å²) in [6.45, 7) is 4.53. The average Bonchev–Trinajstić information content (AvgIpc) is 2.32. The SMILES string of the molecule is CC(C)Oc1cc(NC2CCC(=O)NC2)ncn1. The minimum absolute atomic E-state index is 0.0849. The van der Waals surface area contributed by atoms with Gasteiger partial charge in [0.1, 0.15) is 12.1 Å². The lowest BCUT2D eigenvalue weighted by Gasteiger charge is -2.23. The molecule has 2 rings (SSSR count). The molecule has 1 aliphatic rings. The second-order valence-corrected chi connectivity index (χ2v) is 4.59. The van der Waals surface area contributed by atoms with E-state index in [0.29, 0.717) is 18.8 Å². The first-order chi connectivity index (χ1) is 8.63. The Morgan fingerprint density at radius 2 is 2.33 bits per heavy atom. The standard InChI is InChI=1S/C12H18N4O2/c1-8(2)18-12-5-10(14-7-15-12)16-9-3-4-11(17)13-6-9/h5,7-9H,3-4,6H2,1-2H3,(H,13,17)(H,14,15,16). The van der Waals surface area contributed by atoms with Crippen LogP contribution in [0.1, 0.15) is 26.7 Å². The number of nitrogens with zero attached hydrogens (tertiary/aromatic N) is 2. The zero-order valence-corrected chi connectivity index (χ0v) is 10.6. The van der Waals surface area contributed by atoms with E-state index >= 15 is 0 Å². The first kappa shape index (κ1) is 12.6. The van der Waals surface area contributed by atoms with Crippen molar-refractivity contribution in [1.29, 1.82) is 0 Å². The van der Waals surface area contributed by atoms with Gasteiger partial charge in [-0.2, -0.15) is 0 Å². The van der Waals surface area contributed by atoms with E-state index < -0.39 is 0 Å². The third-order valence-corrected chi connectivity index (χ3v) is 2.62. The van der Waals surface area contributed by atoms with Gasteiger partial charge in [0, 0.05) is 25.1 Å². The Hall–Kier alpha value is -1.85. The molecule has 2 heterocycles. The van der Waals surface area contributed by atoms with Crippen LogP contribution in [0.4, 0.5) is 5.82 Å². The zero-order valence-electron chi connectivity index (χ0n) is 10.6. The number of aromatic nitrogens is 2. The van der Waals surface area contributed by atoms with Crippen molar-refractivity contribution in [2.45, 2.75) is 38.8 Å². The number of hydrogen-bond acceptors (Lipinski definition) is 5. The molecule has 18 heavy (non-hydrogen) atoms. The molecule has 1 aromatic rings. The molecule has 2 N–H and O–H groups in total. The van der Waals surface area contributed by atoms with Gasteiger partial charge in [0.2, 0.25) is 11.8 Å². The predicted octanol–water partition coefficient (Wildman–Crippen LogP) is 0.954. The van der Waals surface area contributed by atoms with Gasteiger partial charge in [0.15, 0.2) is 0 Å². The highest BCUT2D eigenvalue weighted by atomic mass is 16.5. The minimum Gasteiger partial charge on any atom is -0.475 e. The molecular weight excluding hydrogens is 232 g/mol. The molecule has 1 saturated heterocycles. The molecule has 1 atom stereocenters. The average molecular weight is 250 g/mol. The van der Waals surface area contributed by atoms with Crippen molar-refractivity contribution in [3.8, 4) is 5.88 Å². The first-order valence-corrected chi connectivity index (χ1v) is 6.15.